The molecular weight excluding hydrogens is 356 g/mol. The maximum atomic E-state index is 12.6. The number of nitrogens with zero attached hydrogens (tertiary/aromatic N) is 6. The molecule has 1 aliphatic carbocycles. The van der Waals surface area contributed by atoms with E-state index in [0.29, 0.717) is 23.4 Å². The van der Waals surface area contributed by atoms with Crippen LogP contribution < -0.4 is 0 Å². The van der Waals surface area contributed by atoms with E-state index in [-0.39, 0.29) is 5.91 Å². The largest absolute Gasteiger partial charge is 0.361 e. The SMILES string of the molecule is Cc1cc(C(=O)N2CCC(c3nnc(CN4CCCC4)n3C3CC3)CC2)no1. The summed E-state index contributed by atoms with van der Waals surface area (Å²) in [7, 11) is 0. The molecule has 4 heterocycles. The van der Waals surface area contributed by atoms with E-state index in [4.69, 9.17) is 4.52 Å². The summed E-state index contributed by atoms with van der Waals surface area (Å²) < 4.78 is 7.48. The Bertz CT molecular complexity index is 841. The maximum Gasteiger partial charge on any atom is 0.276 e. The van der Waals surface area contributed by atoms with Crippen molar-refractivity contribution in [2.24, 2.45) is 0 Å². The van der Waals surface area contributed by atoms with Gasteiger partial charge in [0.15, 0.2) is 5.69 Å². The summed E-state index contributed by atoms with van der Waals surface area (Å²) in [6.07, 6.45) is 6.92. The number of piperidine rings is 1. The Hall–Kier alpha value is -2.22. The number of aromatic nitrogens is 4. The zero-order valence-corrected chi connectivity index (χ0v) is 16.5. The van der Waals surface area contributed by atoms with Crippen LogP contribution >= 0.6 is 0 Å². The molecular formula is C20H28N6O2. The Balaban J connectivity index is 1.27. The number of likely N-dealkylation sites (tertiary alicyclic amines) is 2. The minimum Gasteiger partial charge on any atom is -0.361 e. The first-order valence-electron chi connectivity index (χ1n) is 10.6. The van der Waals surface area contributed by atoms with Crippen LogP contribution in [-0.4, -0.2) is 61.8 Å². The Labute approximate surface area is 164 Å². The van der Waals surface area contributed by atoms with Gasteiger partial charge in [-0.3, -0.25) is 9.69 Å². The van der Waals surface area contributed by atoms with Crippen LogP contribution in [0.2, 0.25) is 0 Å². The molecule has 0 bridgehead atoms. The van der Waals surface area contributed by atoms with Crippen molar-refractivity contribution in [1.29, 1.82) is 0 Å². The molecule has 0 atom stereocenters. The first kappa shape index (κ1) is 17.8. The van der Waals surface area contributed by atoms with Gasteiger partial charge in [-0.25, -0.2) is 0 Å². The lowest BCUT2D eigenvalue weighted by Gasteiger charge is -2.31. The number of amides is 1. The topological polar surface area (TPSA) is 80.3 Å². The third-order valence-electron chi connectivity index (χ3n) is 6.26. The van der Waals surface area contributed by atoms with E-state index in [0.717, 1.165) is 44.1 Å². The molecule has 28 heavy (non-hydrogen) atoms. The van der Waals surface area contributed by atoms with Gasteiger partial charge in [0, 0.05) is 31.1 Å². The lowest BCUT2D eigenvalue weighted by Crippen LogP contribution is -2.38. The Morgan fingerprint density at radius 1 is 1.11 bits per heavy atom. The minimum absolute atomic E-state index is 0.0336. The summed E-state index contributed by atoms with van der Waals surface area (Å²) in [5.41, 5.74) is 0.407. The minimum atomic E-state index is -0.0336. The van der Waals surface area contributed by atoms with Crippen molar-refractivity contribution in [1.82, 2.24) is 29.7 Å². The number of hydrogen-bond acceptors (Lipinski definition) is 6. The first-order valence-corrected chi connectivity index (χ1v) is 10.6. The molecule has 8 heteroatoms. The highest BCUT2D eigenvalue weighted by Crippen LogP contribution is 2.40. The average molecular weight is 384 g/mol. The molecule has 2 aromatic rings. The van der Waals surface area contributed by atoms with Crippen molar-refractivity contribution in [3.05, 3.63) is 29.2 Å². The molecule has 1 amide bonds. The van der Waals surface area contributed by atoms with Gasteiger partial charge in [0.1, 0.15) is 17.4 Å². The van der Waals surface area contributed by atoms with Crippen molar-refractivity contribution < 1.29 is 9.32 Å². The third kappa shape index (κ3) is 3.45. The second kappa shape index (κ2) is 7.31. The van der Waals surface area contributed by atoms with Crippen molar-refractivity contribution in [2.45, 2.75) is 64.0 Å². The van der Waals surface area contributed by atoms with E-state index in [9.17, 15) is 4.79 Å². The highest BCUT2D eigenvalue weighted by molar-refractivity contribution is 5.92. The molecule has 1 saturated carbocycles. The number of carbonyl (C=O) groups excluding carboxylic acids is 1. The van der Waals surface area contributed by atoms with Gasteiger partial charge in [0.25, 0.3) is 5.91 Å². The summed E-state index contributed by atoms with van der Waals surface area (Å²) in [5, 5.41) is 13.1. The van der Waals surface area contributed by atoms with E-state index in [1.165, 1.54) is 38.8 Å². The summed E-state index contributed by atoms with van der Waals surface area (Å²) in [6, 6.07) is 2.29. The van der Waals surface area contributed by atoms with Gasteiger partial charge in [-0.1, -0.05) is 5.16 Å². The number of hydrogen-bond donors (Lipinski definition) is 0. The lowest BCUT2D eigenvalue weighted by molar-refractivity contribution is 0.0699. The predicted octanol–water partition coefficient (Wildman–Crippen LogP) is 2.53. The fourth-order valence-electron chi connectivity index (χ4n) is 4.56. The van der Waals surface area contributed by atoms with Crippen LogP contribution in [0, 0.1) is 6.92 Å². The van der Waals surface area contributed by atoms with E-state index >= 15 is 0 Å². The van der Waals surface area contributed by atoms with Crippen LogP contribution in [0.25, 0.3) is 0 Å². The molecule has 3 aliphatic rings. The van der Waals surface area contributed by atoms with Gasteiger partial charge in [-0.2, -0.15) is 0 Å². The van der Waals surface area contributed by atoms with Crippen LogP contribution in [0.1, 0.15) is 78.4 Å². The van der Waals surface area contributed by atoms with E-state index in [2.05, 4.69) is 24.8 Å². The maximum absolute atomic E-state index is 12.6. The highest BCUT2D eigenvalue weighted by Gasteiger charge is 2.35. The average Bonchev–Trinajstić information content (AvgIpc) is 3.09. The lowest BCUT2D eigenvalue weighted by atomic mass is 9.95. The standard InChI is InChI=1S/C20H28N6O2/c1-14-12-17(23-28-14)20(27)25-10-6-15(7-11-25)19-22-21-18(26(19)16-4-5-16)13-24-8-2-3-9-24/h12,15-16H,2-11,13H2,1H3. The molecule has 8 nitrogen and oxygen atoms in total. The smallest absolute Gasteiger partial charge is 0.276 e. The molecule has 0 aromatic carbocycles. The quantitative estimate of drug-likeness (QED) is 0.788. The first-order chi connectivity index (χ1) is 13.7. The molecule has 0 unspecified atom stereocenters. The van der Waals surface area contributed by atoms with Gasteiger partial charge in [0.05, 0.1) is 6.54 Å². The number of carbonyl (C=O) groups is 1. The van der Waals surface area contributed by atoms with Crippen molar-refractivity contribution in [3.8, 4) is 0 Å². The molecule has 5 rings (SSSR count). The van der Waals surface area contributed by atoms with Gasteiger partial charge in [-0.05, 0) is 58.5 Å². The van der Waals surface area contributed by atoms with Gasteiger partial charge in [0.2, 0.25) is 0 Å². The van der Waals surface area contributed by atoms with E-state index in [1.807, 2.05) is 4.90 Å². The second-order valence-corrected chi connectivity index (χ2v) is 8.45. The van der Waals surface area contributed by atoms with Gasteiger partial charge < -0.3 is 14.0 Å². The zero-order chi connectivity index (χ0) is 19.1. The summed E-state index contributed by atoms with van der Waals surface area (Å²) in [6.45, 7) is 6.54. The molecule has 2 aromatic heterocycles. The Morgan fingerprint density at radius 3 is 2.50 bits per heavy atom. The number of aryl methyl sites for hydroxylation is 1. The normalized spacial score (nSPS) is 21.5. The Morgan fingerprint density at radius 2 is 1.86 bits per heavy atom. The molecule has 2 aliphatic heterocycles. The predicted molar refractivity (Wildman–Crippen MR) is 102 cm³/mol. The van der Waals surface area contributed by atoms with Crippen LogP contribution in [0.3, 0.4) is 0 Å². The van der Waals surface area contributed by atoms with Crippen molar-refractivity contribution >= 4 is 5.91 Å². The molecule has 150 valence electrons. The number of rotatable bonds is 5. The van der Waals surface area contributed by atoms with Gasteiger partial charge >= 0.3 is 0 Å². The van der Waals surface area contributed by atoms with Crippen molar-refractivity contribution in [3.63, 3.8) is 0 Å². The molecule has 2 saturated heterocycles. The molecule has 3 fully saturated rings. The molecule has 0 radical (unpaired) electrons. The fourth-order valence-corrected chi connectivity index (χ4v) is 4.56. The molecule has 0 N–H and O–H groups in total. The van der Waals surface area contributed by atoms with E-state index < -0.39 is 0 Å². The monoisotopic (exact) mass is 384 g/mol. The van der Waals surface area contributed by atoms with Gasteiger partial charge in [-0.15, -0.1) is 10.2 Å². The highest BCUT2D eigenvalue weighted by atomic mass is 16.5. The van der Waals surface area contributed by atoms with E-state index in [1.54, 1.807) is 13.0 Å². The Kier molecular flexibility index (Phi) is 4.66. The summed E-state index contributed by atoms with van der Waals surface area (Å²) in [4.78, 5) is 17.0. The van der Waals surface area contributed by atoms with Crippen LogP contribution in [0.15, 0.2) is 10.6 Å². The second-order valence-electron chi connectivity index (χ2n) is 8.45. The third-order valence-corrected chi connectivity index (χ3v) is 6.26. The van der Waals surface area contributed by atoms with Crippen LogP contribution in [-0.2, 0) is 6.54 Å². The van der Waals surface area contributed by atoms with Crippen molar-refractivity contribution in [2.75, 3.05) is 26.2 Å². The van der Waals surface area contributed by atoms with Crippen LogP contribution in [0.5, 0.6) is 0 Å². The van der Waals surface area contributed by atoms with Crippen LogP contribution in [0.4, 0.5) is 0 Å². The summed E-state index contributed by atoms with van der Waals surface area (Å²) >= 11 is 0. The summed E-state index contributed by atoms with van der Waals surface area (Å²) in [5.74, 6) is 3.29. The zero-order valence-electron chi connectivity index (χ0n) is 16.5. The molecule has 0 spiro atoms. The fraction of sp³-hybridized carbons (Fsp3) is 0.700.